The van der Waals surface area contributed by atoms with Gasteiger partial charge in [-0.25, -0.2) is 12.7 Å². The van der Waals surface area contributed by atoms with Gasteiger partial charge in [0, 0.05) is 13.1 Å². The Kier molecular flexibility index (Phi) is 2.50. The zero-order chi connectivity index (χ0) is 11.2. The Morgan fingerprint density at radius 2 is 1.93 bits per heavy atom. The van der Waals surface area contributed by atoms with Crippen molar-refractivity contribution in [3.63, 3.8) is 0 Å². The number of carboxylic acid groups (broad SMARTS) is 1. The van der Waals surface area contributed by atoms with E-state index in [1.54, 1.807) is 6.92 Å². The van der Waals surface area contributed by atoms with Crippen LogP contribution in [0.2, 0.25) is 0 Å². The first-order chi connectivity index (χ1) is 6.93. The Bertz CT molecular complexity index is 368. The van der Waals surface area contributed by atoms with Gasteiger partial charge >= 0.3 is 5.97 Å². The summed E-state index contributed by atoms with van der Waals surface area (Å²) in [6.07, 6.45) is 1.52. The van der Waals surface area contributed by atoms with E-state index in [-0.39, 0.29) is 11.2 Å². The minimum absolute atomic E-state index is 0.0176. The van der Waals surface area contributed by atoms with Crippen molar-refractivity contribution in [3.8, 4) is 0 Å². The van der Waals surface area contributed by atoms with Crippen molar-refractivity contribution in [3.05, 3.63) is 0 Å². The van der Waals surface area contributed by atoms with Gasteiger partial charge in [0.1, 0.15) is 0 Å². The van der Waals surface area contributed by atoms with Crippen LogP contribution in [0.3, 0.4) is 0 Å². The second kappa shape index (κ2) is 3.45. The molecule has 1 aliphatic heterocycles. The Balaban J connectivity index is 1.90. The summed E-state index contributed by atoms with van der Waals surface area (Å²) in [6.45, 7) is 2.40. The maximum Gasteiger partial charge on any atom is 0.306 e. The average Bonchev–Trinajstić information content (AvgIpc) is 2.81. The lowest BCUT2D eigenvalue weighted by atomic mass is 9.89. The number of aliphatic carboxylic acids is 1. The molecule has 1 saturated carbocycles. The molecule has 2 fully saturated rings. The topological polar surface area (TPSA) is 74.7 Å². The third kappa shape index (κ3) is 1.88. The lowest BCUT2D eigenvalue weighted by molar-refractivity contribution is -0.144. The fraction of sp³-hybridized carbons (Fsp3) is 0.889. The van der Waals surface area contributed by atoms with Crippen molar-refractivity contribution >= 4 is 16.0 Å². The third-order valence-corrected chi connectivity index (χ3v) is 5.61. The average molecular weight is 233 g/mol. The molecule has 1 aliphatic carbocycles. The monoisotopic (exact) mass is 233 g/mol. The summed E-state index contributed by atoms with van der Waals surface area (Å²) in [5, 5.41) is 8.58. The number of nitrogens with zero attached hydrogens (tertiary/aromatic N) is 1. The first-order valence-electron chi connectivity index (χ1n) is 5.14. The summed E-state index contributed by atoms with van der Waals surface area (Å²) in [4.78, 5) is 10.7. The second-order valence-electron chi connectivity index (χ2n) is 4.45. The highest BCUT2D eigenvalue weighted by Gasteiger charge is 2.47. The fourth-order valence-electron chi connectivity index (χ4n) is 1.77. The number of sulfonamides is 1. The molecule has 0 aromatic rings. The van der Waals surface area contributed by atoms with Gasteiger partial charge in [-0.1, -0.05) is 6.92 Å². The van der Waals surface area contributed by atoms with Crippen LogP contribution in [0.25, 0.3) is 0 Å². The van der Waals surface area contributed by atoms with Gasteiger partial charge in [0.25, 0.3) is 0 Å². The van der Waals surface area contributed by atoms with Gasteiger partial charge in [0.2, 0.25) is 10.0 Å². The van der Waals surface area contributed by atoms with Crippen LogP contribution in [-0.4, -0.2) is 42.1 Å². The van der Waals surface area contributed by atoms with E-state index in [4.69, 9.17) is 5.11 Å². The van der Waals surface area contributed by atoms with E-state index in [1.165, 1.54) is 4.31 Å². The van der Waals surface area contributed by atoms with Crippen LogP contribution >= 0.6 is 0 Å². The highest BCUT2D eigenvalue weighted by molar-refractivity contribution is 7.90. The summed E-state index contributed by atoms with van der Waals surface area (Å²) in [6, 6.07) is 0. The van der Waals surface area contributed by atoms with Gasteiger partial charge in [-0.05, 0) is 18.8 Å². The van der Waals surface area contributed by atoms with Gasteiger partial charge < -0.3 is 5.11 Å². The van der Waals surface area contributed by atoms with Gasteiger partial charge in [0.15, 0.2) is 0 Å². The smallest absolute Gasteiger partial charge is 0.306 e. The quantitative estimate of drug-likeness (QED) is 0.749. The van der Waals surface area contributed by atoms with Gasteiger partial charge in [-0.15, -0.1) is 0 Å². The summed E-state index contributed by atoms with van der Waals surface area (Å²) < 4.78 is 24.8. The van der Waals surface area contributed by atoms with Crippen molar-refractivity contribution in [2.24, 2.45) is 11.8 Å². The number of rotatable bonds is 4. The van der Waals surface area contributed by atoms with E-state index >= 15 is 0 Å². The van der Waals surface area contributed by atoms with Crippen LogP contribution in [0.15, 0.2) is 0 Å². The highest BCUT2D eigenvalue weighted by Crippen LogP contribution is 2.36. The molecule has 5 nitrogen and oxygen atoms in total. The van der Waals surface area contributed by atoms with Crippen molar-refractivity contribution in [2.75, 3.05) is 13.1 Å². The largest absolute Gasteiger partial charge is 0.481 e. The molecule has 0 bridgehead atoms. The standard InChI is InChI=1S/C9H15NO4S/c1-6(9(11)12)7-4-10(5-7)15(13,14)8-2-3-8/h6-8H,2-5H2,1H3,(H,11,12). The predicted molar refractivity (Wildman–Crippen MR) is 53.8 cm³/mol. The van der Waals surface area contributed by atoms with E-state index in [9.17, 15) is 13.2 Å². The van der Waals surface area contributed by atoms with E-state index in [2.05, 4.69) is 0 Å². The molecule has 1 heterocycles. The minimum atomic E-state index is -3.08. The molecule has 15 heavy (non-hydrogen) atoms. The molecule has 0 radical (unpaired) electrons. The van der Waals surface area contributed by atoms with Crippen LogP contribution in [0.4, 0.5) is 0 Å². The number of carbonyl (C=O) groups is 1. The fourth-order valence-corrected chi connectivity index (χ4v) is 3.72. The summed E-state index contributed by atoms with van der Waals surface area (Å²) in [5.41, 5.74) is 0. The Labute approximate surface area is 89.1 Å². The van der Waals surface area contributed by atoms with E-state index in [1.807, 2.05) is 0 Å². The highest BCUT2D eigenvalue weighted by atomic mass is 32.2. The van der Waals surface area contributed by atoms with Crippen LogP contribution < -0.4 is 0 Å². The molecule has 6 heteroatoms. The first kappa shape index (κ1) is 10.9. The second-order valence-corrected chi connectivity index (χ2v) is 6.66. The maximum atomic E-state index is 11.7. The van der Waals surface area contributed by atoms with Crippen LogP contribution in [-0.2, 0) is 14.8 Å². The van der Waals surface area contributed by atoms with Crippen LogP contribution in [0.5, 0.6) is 0 Å². The molecule has 2 aliphatic rings. The van der Waals surface area contributed by atoms with Crippen LogP contribution in [0.1, 0.15) is 19.8 Å². The Morgan fingerprint density at radius 3 is 2.33 bits per heavy atom. The summed E-state index contributed by atoms with van der Waals surface area (Å²) in [5.74, 6) is -1.31. The lowest BCUT2D eigenvalue weighted by Crippen LogP contribution is -2.54. The van der Waals surface area contributed by atoms with E-state index in [0.29, 0.717) is 13.1 Å². The number of carboxylic acids is 1. The maximum absolute atomic E-state index is 11.7. The SMILES string of the molecule is CC(C(=O)O)C1CN(S(=O)(=O)C2CC2)C1. The molecule has 0 spiro atoms. The Morgan fingerprint density at radius 1 is 1.40 bits per heavy atom. The summed E-state index contributed by atoms with van der Waals surface area (Å²) in [7, 11) is -3.08. The number of hydrogen-bond donors (Lipinski definition) is 1. The lowest BCUT2D eigenvalue weighted by Gasteiger charge is -2.40. The Hall–Kier alpha value is -0.620. The molecule has 1 atom stereocenters. The van der Waals surface area contributed by atoms with Crippen LogP contribution in [0, 0.1) is 11.8 Å². The molecule has 1 unspecified atom stereocenters. The number of hydrogen-bond acceptors (Lipinski definition) is 3. The zero-order valence-electron chi connectivity index (χ0n) is 8.59. The first-order valence-corrected chi connectivity index (χ1v) is 6.65. The van der Waals surface area contributed by atoms with Crippen molar-refractivity contribution < 1.29 is 18.3 Å². The van der Waals surface area contributed by atoms with Crippen molar-refractivity contribution in [1.82, 2.24) is 4.31 Å². The van der Waals surface area contributed by atoms with E-state index < -0.39 is 21.9 Å². The van der Waals surface area contributed by atoms with Gasteiger partial charge in [-0.2, -0.15) is 0 Å². The molecule has 2 rings (SSSR count). The van der Waals surface area contributed by atoms with E-state index in [0.717, 1.165) is 12.8 Å². The molecular formula is C9H15NO4S. The summed E-state index contributed by atoms with van der Waals surface area (Å²) >= 11 is 0. The molecule has 1 N–H and O–H groups in total. The zero-order valence-corrected chi connectivity index (χ0v) is 9.40. The normalized spacial score (nSPS) is 25.9. The molecule has 1 saturated heterocycles. The molecular weight excluding hydrogens is 218 g/mol. The van der Waals surface area contributed by atoms with Crippen molar-refractivity contribution in [1.29, 1.82) is 0 Å². The predicted octanol–water partition coefficient (Wildman–Crippen LogP) is 0.131. The minimum Gasteiger partial charge on any atom is -0.481 e. The molecule has 0 amide bonds. The van der Waals surface area contributed by atoms with Gasteiger partial charge in [-0.3, -0.25) is 4.79 Å². The van der Waals surface area contributed by atoms with Gasteiger partial charge in [0.05, 0.1) is 11.2 Å². The third-order valence-electron chi connectivity index (χ3n) is 3.28. The molecule has 0 aromatic heterocycles. The van der Waals surface area contributed by atoms with Crippen molar-refractivity contribution in [2.45, 2.75) is 25.0 Å². The molecule has 86 valence electrons. The molecule has 0 aromatic carbocycles.